The van der Waals surface area contributed by atoms with Gasteiger partial charge in [-0.25, -0.2) is 9.97 Å². The number of benzene rings is 1. The highest BCUT2D eigenvalue weighted by Crippen LogP contribution is 2.15. The first-order valence-corrected chi connectivity index (χ1v) is 7.61. The van der Waals surface area contributed by atoms with Crippen molar-refractivity contribution in [2.75, 3.05) is 5.32 Å². The zero-order chi connectivity index (χ0) is 15.9. The summed E-state index contributed by atoms with van der Waals surface area (Å²) in [6.45, 7) is 6.10. The predicted octanol–water partition coefficient (Wildman–Crippen LogP) is 3.31. The molecule has 0 aliphatic heterocycles. The van der Waals surface area contributed by atoms with Gasteiger partial charge in [0.1, 0.15) is 11.5 Å². The van der Waals surface area contributed by atoms with E-state index in [2.05, 4.69) is 39.7 Å². The summed E-state index contributed by atoms with van der Waals surface area (Å²) in [6.07, 6.45) is 4.95. The number of carbonyl (C=O) groups is 1. The third-order valence-corrected chi connectivity index (χ3v) is 3.51. The van der Waals surface area contributed by atoms with Gasteiger partial charge in [0.05, 0.1) is 12.4 Å². The second kappa shape index (κ2) is 7.54. The molecule has 0 radical (unpaired) electrons. The van der Waals surface area contributed by atoms with Gasteiger partial charge < -0.3 is 10.6 Å². The van der Waals surface area contributed by atoms with Gasteiger partial charge in [-0.3, -0.25) is 4.79 Å². The first-order valence-electron chi connectivity index (χ1n) is 7.61. The van der Waals surface area contributed by atoms with Crippen molar-refractivity contribution in [2.24, 2.45) is 0 Å². The lowest BCUT2D eigenvalue weighted by atomic mass is 10.1. The van der Waals surface area contributed by atoms with Crippen LogP contribution < -0.4 is 10.6 Å². The molecule has 0 aliphatic carbocycles. The van der Waals surface area contributed by atoms with E-state index < -0.39 is 0 Å². The highest BCUT2D eigenvalue weighted by Gasteiger charge is 2.10. The van der Waals surface area contributed by atoms with Crippen LogP contribution in [0.2, 0.25) is 0 Å². The van der Waals surface area contributed by atoms with E-state index in [9.17, 15) is 4.79 Å². The number of amides is 1. The number of rotatable bonds is 6. The highest BCUT2D eigenvalue weighted by molar-refractivity contribution is 5.92. The summed E-state index contributed by atoms with van der Waals surface area (Å²) in [5.41, 5.74) is 2.56. The number of nitrogens with one attached hydrogen (secondary N) is 2. The topological polar surface area (TPSA) is 66.9 Å². The molecule has 0 bridgehead atoms. The molecule has 1 unspecified atom stereocenters. The molecule has 0 saturated heterocycles. The van der Waals surface area contributed by atoms with Gasteiger partial charge in [-0.15, -0.1) is 0 Å². The maximum absolute atomic E-state index is 11.9. The van der Waals surface area contributed by atoms with E-state index in [4.69, 9.17) is 0 Å². The predicted molar refractivity (Wildman–Crippen MR) is 88.4 cm³/mol. The molecule has 5 nitrogen and oxygen atoms in total. The van der Waals surface area contributed by atoms with Crippen LogP contribution >= 0.6 is 0 Å². The maximum atomic E-state index is 11.9. The van der Waals surface area contributed by atoms with Gasteiger partial charge in [-0.2, -0.15) is 0 Å². The van der Waals surface area contributed by atoms with Crippen molar-refractivity contribution < 1.29 is 4.79 Å². The molecular weight excluding hydrogens is 276 g/mol. The van der Waals surface area contributed by atoms with E-state index in [1.54, 1.807) is 6.20 Å². The van der Waals surface area contributed by atoms with Gasteiger partial charge in [-0.1, -0.05) is 26.0 Å². The van der Waals surface area contributed by atoms with E-state index >= 15 is 0 Å². The quantitative estimate of drug-likeness (QED) is 0.858. The monoisotopic (exact) mass is 298 g/mol. The third-order valence-electron chi connectivity index (χ3n) is 3.51. The molecule has 1 heterocycles. The molecule has 2 rings (SSSR count). The molecule has 0 spiro atoms. The summed E-state index contributed by atoms with van der Waals surface area (Å²) in [6, 6.07) is 8.28. The van der Waals surface area contributed by atoms with Gasteiger partial charge in [0.15, 0.2) is 0 Å². The average molecular weight is 298 g/mol. The van der Waals surface area contributed by atoms with Gasteiger partial charge in [-0.05, 0) is 37.5 Å². The van der Waals surface area contributed by atoms with Crippen molar-refractivity contribution in [2.45, 2.75) is 39.7 Å². The fourth-order valence-electron chi connectivity index (χ4n) is 1.88. The molecule has 0 fully saturated rings. The Bertz CT molecular complexity index is 608. The Morgan fingerprint density at radius 2 is 1.86 bits per heavy atom. The molecule has 1 aromatic carbocycles. The molecule has 1 amide bonds. The summed E-state index contributed by atoms with van der Waals surface area (Å²) < 4.78 is 0. The first kappa shape index (κ1) is 15.9. The van der Waals surface area contributed by atoms with Crippen LogP contribution in [0.1, 0.15) is 43.2 Å². The molecule has 1 aromatic heterocycles. The lowest BCUT2D eigenvalue weighted by Crippen LogP contribution is -2.32. The van der Waals surface area contributed by atoms with Crippen molar-refractivity contribution in [1.82, 2.24) is 15.3 Å². The van der Waals surface area contributed by atoms with Crippen LogP contribution in [0.25, 0.3) is 0 Å². The minimum atomic E-state index is -0.194. The summed E-state index contributed by atoms with van der Waals surface area (Å²) in [4.78, 5) is 20.3. The SMILES string of the molecule is CCc1ccc(Nc2cnc(C(=O)NC(C)CC)cn2)cc1. The Labute approximate surface area is 131 Å². The van der Waals surface area contributed by atoms with Crippen molar-refractivity contribution in [3.63, 3.8) is 0 Å². The van der Waals surface area contributed by atoms with Crippen molar-refractivity contribution in [3.05, 3.63) is 47.9 Å². The lowest BCUT2D eigenvalue weighted by molar-refractivity contribution is 0.0934. The van der Waals surface area contributed by atoms with E-state index in [1.807, 2.05) is 26.0 Å². The van der Waals surface area contributed by atoms with E-state index in [0.717, 1.165) is 18.5 Å². The van der Waals surface area contributed by atoms with Gasteiger partial charge in [0.2, 0.25) is 0 Å². The molecule has 5 heteroatoms. The fraction of sp³-hybridized carbons (Fsp3) is 0.353. The average Bonchev–Trinajstić information content (AvgIpc) is 2.56. The van der Waals surface area contributed by atoms with Crippen molar-refractivity contribution in [3.8, 4) is 0 Å². The van der Waals surface area contributed by atoms with Crippen LogP contribution in [0.5, 0.6) is 0 Å². The van der Waals surface area contributed by atoms with Crippen molar-refractivity contribution >= 4 is 17.4 Å². The van der Waals surface area contributed by atoms with Crippen LogP contribution in [0, 0.1) is 0 Å². The largest absolute Gasteiger partial charge is 0.348 e. The summed E-state index contributed by atoms with van der Waals surface area (Å²) >= 11 is 0. The Hall–Kier alpha value is -2.43. The van der Waals surface area contributed by atoms with Gasteiger partial charge in [0, 0.05) is 11.7 Å². The maximum Gasteiger partial charge on any atom is 0.271 e. The second-order valence-electron chi connectivity index (χ2n) is 5.25. The van der Waals surface area contributed by atoms with Crippen molar-refractivity contribution in [1.29, 1.82) is 0 Å². The summed E-state index contributed by atoms with van der Waals surface area (Å²) in [5.74, 6) is 0.421. The van der Waals surface area contributed by atoms with E-state index in [-0.39, 0.29) is 11.9 Å². The Kier molecular flexibility index (Phi) is 5.47. The summed E-state index contributed by atoms with van der Waals surface area (Å²) in [5, 5.41) is 6.03. The van der Waals surface area contributed by atoms with Crippen LogP contribution in [-0.2, 0) is 6.42 Å². The summed E-state index contributed by atoms with van der Waals surface area (Å²) in [7, 11) is 0. The molecule has 0 saturated carbocycles. The molecule has 0 aliphatic rings. The molecule has 2 N–H and O–H groups in total. The van der Waals surface area contributed by atoms with Crippen LogP contribution in [0.4, 0.5) is 11.5 Å². The molecule has 116 valence electrons. The minimum Gasteiger partial charge on any atom is -0.348 e. The zero-order valence-electron chi connectivity index (χ0n) is 13.3. The minimum absolute atomic E-state index is 0.129. The number of aromatic nitrogens is 2. The lowest BCUT2D eigenvalue weighted by Gasteiger charge is -2.11. The van der Waals surface area contributed by atoms with Gasteiger partial charge in [0.25, 0.3) is 5.91 Å². The van der Waals surface area contributed by atoms with E-state index in [0.29, 0.717) is 11.5 Å². The highest BCUT2D eigenvalue weighted by atomic mass is 16.1. The van der Waals surface area contributed by atoms with Crippen LogP contribution in [-0.4, -0.2) is 21.9 Å². The number of aryl methyl sites for hydroxylation is 1. The molecule has 2 aromatic rings. The standard InChI is InChI=1S/C17H22N4O/c1-4-12(3)20-17(22)15-10-19-16(11-18-15)21-14-8-6-13(5-2)7-9-14/h6-12H,4-5H2,1-3H3,(H,19,21)(H,20,22). The van der Waals surface area contributed by atoms with E-state index in [1.165, 1.54) is 11.8 Å². The van der Waals surface area contributed by atoms with Crippen LogP contribution in [0.3, 0.4) is 0 Å². The van der Waals surface area contributed by atoms with Crippen LogP contribution in [0.15, 0.2) is 36.7 Å². The normalized spacial score (nSPS) is 11.8. The fourth-order valence-corrected chi connectivity index (χ4v) is 1.88. The number of anilines is 2. The number of hydrogen-bond donors (Lipinski definition) is 2. The molecular formula is C17H22N4O. The first-order chi connectivity index (χ1) is 10.6. The number of hydrogen-bond acceptors (Lipinski definition) is 4. The Balaban J connectivity index is 2.00. The van der Waals surface area contributed by atoms with Gasteiger partial charge >= 0.3 is 0 Å². The molecule has 1 atom stereocenters. The second-order valence-corrected chi connectivity index (χ2v) is 5.25. The molecule has 22 heavy (non-hydrogen) atoms. The third kappa shape index (κ3) is 4.28. The number of nitrogens with zero attached hydrogens (tertiary/aromatic N) is 2. The Morgan fingerprint density at radius 1 is 1.14 bits per heavy atom. The number of carbonyl (C=O) groups excluding carboxylic acids is 1. The Morgan fingerprint density at radius 3 is 2.41 bits per heavy atom. The zero-order valence-corrected chi connectivity index (χ0v) is 13.3. The smallest absolute Gasteiger partial charge is 0.271 e.